The van der Waals surface area contributed by atoms with E-state index in [2.05, 4.69) is 66.7 Å². The molecule has 8 heteroatoms. The average molecular weight is 482 g/mol. The van der Waals surface area contributed by atoms with Crippen molar-refractivity contribution in [1.82, 2.24) is 25.8 Å². The van der Waals surface area contributed by atoms with Gasteiger partial charge in [-0.05, 0) is 39.9 Å². The number of aromatic nitrogens is 3. The predicted octanol–water partition coefficient (Wildman–Crippen LogP) is 3.62. The minimum absolute atomic E-state index is 0. The van der Waals surface area contributed by atoms with Crippen LogP contribution in [0.15, 0.2) is 52.4 Å². The van der Waals surface area contributed by atoms with Crippen LogP contribution in [0.3, 0.4) is 0 Å². The third-order valence-corrected chi connectivity index (χ3v) is 4.69. The molecule has 0 spiro atoms. The molecule has 3 N–H and O–H groups in total. The number of nitrogens with one attached hydrogen (secondary N) is 3. The highest BCUT2D eigenvalue weighted by Gasteiger charge is 2.07. The second-order valence-corrected chi connectivity index (χ2v) is 6.58. The monoisotopic (exact) mass is 482 g/mol. The Labute approximate surface area is 174 Å². The lowest BCUT2D eigenvalue weighted by molar-refractivity contribution is 0.701. The zero-order valence-corrected chi connectivity index (χ0v) is 17.9. The van der Waals surface area contributed by atoms with Gasteiger partial charge in [0.25, 0.3) is 0 Å². The van der Waals surface area contributed by atoms with Crippen LogP contribution in [0.5, 0.6) is 0 Å². The van der Waals surface area contributed by atoms with Crippen LogP contribution in [0.4, 0.5) is 0 Å². The summed E-state index contributed by atoms with van der Waals surface area (Å²) in [5, 5.41) is 17.8. The molecule has 1 unspecified atom stereocenters. The van der Waals surface area contributed by atoms with E-state index in [-0.39, 0.29) is 24.0 Å². The molecule has 138 valence electrons. The maximum Gasteiger partial charge on any atom is 0.191 e. The number of guanidine groups is 1. The van der Waals surface area contributed by atoms with E-state index >= 15 is 0 Å². The number of thiophene rings is 1. The third-order valence-electron chi connectivity index (χ3n) is 3.99. The van der Waals surface area contributed by atoms with Gasteiger partial charge in [-0.15, -0.1) is 24.0 Å². The van der Waals surface area contributed by atoms with Crippen molar-refractivity contribution in [2.75, 3.05) is 13.6 Å². The van der Waals surface area contributed by atoms with Crippen molar-refractivity contribution >= 4 is 41.3 Å². The lowest BCUT2D eigenvalue weighted by atomic mass is 10.1. The predicted molar refractivity (Wildman–Crippen MR) is 118 cm³/mol. The summed E-state index contributed by atoms with van der Waals surface area (Å²) >= 11 is 1.73. The minimum Gasteiger partial charge on any atom is -0.356 e. The molecule has 0 amide bonds. The van der Waals surface area contributed by atoms with Gasteiger partial charge >= 0.3 is 0 Å². The molecular weight excluding hydrogens is 459 g/mol. The second kappa shape index (κ2) is 10.3. The Morgan fingerprint density at radius 1 is 1.31 bits per heavy atom. The van der Waals surface area contributed by atoms with Gasteiger partial charge in [-0.25, -0.2) is 4.98 Å². The summed E-state index contributed by atoms with van der Waals surface area (Å²) in [7, 11) is 1.79. The number of hydrogen-bond acceptors (Lipinski definition) is 4. The molecule has 1 atom stereocenters. The van der Waals surface area contributed by atoms with Crippen LogP contribution in [0.2, 0.25) is 0 Å². The van der Waals surface area contributed by atoms with Crippen LogP contribution < -0.4 is 10.6 Å². The lowest BCUT2D eigenvalue weighted by Gasteiger charge is -2.15. The topological polar surface area (TPSA) is 78.0 Å². The Morgan fingerprint density at radius 2 is 2.19 bits per heavy atom. The van der Waals surface area contributed by atoms with E-state index in [0.29, 0.717) is 12.5 Å². The summed E-state index contributed by atoms with van der Waals surface area (Å²) in [5.74, 6) is 2.01. The molecule has 0 saturated heterocycles. The standard InChI is InChI=1S/C18H22N6S.HI/c1-13(16-6-7-25-11-16)9-20-18(19-2)21-10-14-4-3-5-15(8-14)17-22-12-23-24-17;/h3-8,11-13H,9-10H2,1-2H3,(H2,19,20,21)(H,22,23,24);1H. The Bertz CT molecular complexity index is 801. The second-order valence-electron chi connectivity index (χ2n) is 5.80. The number of aromatic amines is 1. The molecule has 3 rings (SSSR count). The first-order valence-electron chi connectivity index (χ1n) is 8.17. The molecule has 0 aliphatic heterocycles. The number of H-pyrrole nitrogens is 1. The largest absolute Gasteiger partial charge is 0.356 e. The van der Waals surface area contributed by atoms with E-state index in [0.717, 1.165) is 29.5 Å². The highest BCUT2D eigenvalue weighted by molar-refractivity contribution is 14.0. The molecule has 0 aliphatic carbocycles. The Hall–Kier alpha value is -1.94. The molecule has 0 fully saturated rings. The lowest BCUT2D eigenvalue weighted by Crippen LogP contribution is -2.38. The highest BCUT2D eigenvalue weighted by atomic mass is 127. The zero-order chi connectivity index (χ0) is 17.5. The zero-order valence-electron chi connectivity index (χ0n) is 14.8. The number of rotatable bonds is 6. The van der Waals surface area contributed by atoms with Gasteiger partial charge in [-0.2, -0.15) is 16.4 Å². The first kappa shape index (κ1) is 20.4. The number of aliphatic imine (C=N–C) groups is 1. The maximum atomic E-state index is 4.30. The van der Waals surface area contributed by atoms with Crippen LogP contribution in [-0.2, 0) is 6.54 Å². The molecule has 6 nitrogen and oxygen atoms in total. The average Bonchev–Trinajstić information content (AvgIpc) is 3.35. The van der Waals surface area contributed by atoms with E-state index in [1.807, 2.05) is 12.1 Å². The fraction of sp³-hybridized carbons (Fsp3) is 0.278. The van der Waals surface area contributed by atoms with Gasteiger partial charge < -0.3 is 10.6 Å². The molecule has 2 aromatic heterocycles. The van der Waals surface area contributed by atoms with E-state index in [4.69, 9.17) is 0 Å². The van der Waals surface area contributed by atoms with Crippen LogP contribution in [0.25, 0.3) is 11.4 Å². The first-order chi connectivity index (χ1) is 12.3. The molecular formula is C18H23IN6S. The first-order valence-corrected chi connectivity index (χ1v) is 9.12. The van der Waals surface area contributed by atoms with Crippen molar-refractivity contribution in [3.05, 3.63) is 58.5 Å². The Morgan fingerprint density at radius 3 is 2.88 bits per heavy atom. The van der Waals surface area contributed by atoms with Gasteiger partial charge in [0.05, 0.1) is 0 Å². The molecule has 3 aromatic rings. The van der Waals surface area contributed by atoms with Crippen molar-refractivity contribution in [3.8, 4) is 11.4 Å². The smallest absolute Gasteiger partial charge is 0.191 e. The number of hydrogen-bond donors (Lipinski definition) is 3. The normalized spacial score (nSPS) is 12.3. The van der Waals surface area contributed by atoms with Crippen LogP contribution in [0, 0.1) is 0 Å². The summed E-state index contributed by atoms with van der Waals surface area (Å²) in [5.41, 5.74) is 3.53. The van der Waals surface area contributed by atoms with E-state index in [1.54, 1.807) is 18.4 Å². The summed E-state index contributed by atoms with van der Waals surface area (Å²) < 4.78 is 0. The molecule has 26 heavy (non-hydrogen) atoms. The maximum absolute atomic E-state index is 4.30. The third kappa shape index (κ3) is 5.53. The number of halogens is 1. The number of benzene rings is 1. The van der Waals surface area contributed by atoms with Crippen LogP contribution >= 0.6 is 35.3 Å². The van der Waals surface area contributed by atoms with Crippen LogP contribution in [-0.4, -0.2) is 34.7 Å². The Kier molecular flexibility index (Phi) is 8.05. The van der Waals surface area contributed by atoms with Gasteiger partial charge in [-0.1, -0.05) is 25.1 Å². The van der Waals surface area contributed by atoms with Crippen molar-refractivity contribution in [2.24, 2.45) is 4.99 Å². The van der Waals surface area contributed by atoms with Gasteiger partial charge in [0, 0.05) is 25.7 Å². The molecule has 0 bridgehead atoms. The van der Waals surface area contributed by atoms with Gasteiger partial charge in [0.1, 0.15) is 6.33 Å². The van der Waals surface area contributed by atoms with Crippen molar-refractivity contribution in [1.29, 1.82) is 0 Å². The molecule has 1 aromatic carbocycles. The van der Waals surface area contributed by atoms with Gasteiger partial charge in [0.2, 0.25) is 0 Å². The van der Waals surface area contributed by atoms with Crippen molar-refractivity contribution in [3.63, 3.8) is 0 Å². The van der Waals surface area contributed by atoms with Gasteiger partial charge in [0.15, 0.2) is 11.8 Å². The fourth-order valence-electron chi connectivity index (χ4n) is 2.50. The molecule has 0 radical (unpaired) electrons. The van der Waals surface area contributed by atoms with E-state index < -0.39 is 0 Å². The quantitative estimate of drug-likeness (QED) is 0.285. The summed E-state index contributed by atoms with van der Waals surface area (Å²) in [6, 6.07) is 10.4. The molecule has 0 saturated carbocycles. The van der Waals surface area contributed by atoms with E-state index in [1.165, 1.54) is 11.9 Å². The van der Waals surface area contributed by atoms with Gasteiger partial charge in [-0.3, -0.25) is 10.1 Å². The summed E-state index contributed by atoms with van der Waals surface area (Å²) in [4.78, 5) is 8.49. The molecule has 2 heterocycles. The SMILES string of the molecule is CN=C(NCc1cccc(-c2ncn[nH]2)c1)NCC(C)c1ccsc1.I. The van der Waals surface area contributed by atoms with Crippen molar-refractivity contribution in [2.45, 2.75) is 19.4 Å². The Balaban J connectivity index is 0.00000243. The van der Waals surface area contributed by atoms with E-state index in [9.17, 15) is 0 Å². The summed E-state index contributed by atoms with van der Waals surface area (Å²) in [6.07, 6.45) is 1.51. The fourth-order valence-corrected chi connectivity index (χ4v) is 3.28. The summed E-state index contributed by atoms with van der Waals surface area (Å²) in [6.45, 7) is 3.74. The number of nitrogens with zero attached hydrogens (tertiary/aromatic N) is 3. The minimum atomic E-state index is 0. The van der Waals surface area contributed by atoms with Crippen molar-refractivity contribution < 1.29 is 0 Å². The van der Waals surface area contributed by atoms with Crippen LogP contribution in [0.1, 0.15) is 24.0 Å². The highest BCUT2D eigenvalue weighted by Crippen LogP contribution is 2.17. The molecule has 0 aliphatic rings.